The van der Waals surface area contributed by atoms with E-state index in [0.29, 0.717) is 0 Å². The van der Waals surface area contributed by atoms with Crippen LogP contribution in [-0.2, 0) is 13.1 Å². The molecule has 2 aliphatic heterocycles. The van der Waals surface area contributed by atoms with Crippen LogP contribution in [0.4, 0.5) is 11.4 Å². The Morgan fingerprint density at radius 1 is 0.742 bits per heavy atom. The standard InChI is InChI=1S/C15H12BrN2.3C4H9.Sn/c16-13-5-6-15-12(7-13)9-18-10-17(15)8-11-3-1-2-4-14(11)18;3*1-3-4-2;/h2-7H,8-10H2;3*1,3-4H2,2H3;. The van der Waals surface area contributed by atoms with Crippen LogP contribution in [0.1, 0.15) is 70.4 Å². The Bertz CT molecular complexity index is 875. The van der Waals surface area contributed by atoms with E-state index in [2.05, 4.69) is 82.9 Å². The van der Waals surface area contributed by atoms with E-state index in [0.717, 1.165) is 19.8 Å². The molecular weight excluding hydrogens is 551 g/mol. The molecule has 2 aliphatic rings. The maximum absolute atomic E-state index is 3.66. The summed E-state index contributed by atoms with van der Waals surface area (Å²) in [5.41, 5.74) is 5.92. The molecule has 0 radical (unpaired) electrons. The van der Waals surface area contributed by atoms with E-state index < -0.39 is 18.4 Å². The van der Waals surface area contributed by atoms with Crippen molar-refractivity contribution in [3.8, 4) is 0 Å². The minimum atomic E-state index is -2.38. The fraction of sp³-hybridized carbons (Fsp3) is 0.556. The third-order valence-electron chi connectivity index (χ3n) is 7.51. The molecule has 0 atom stereocenters. The summed E-state index contributed by atoms with van der Waals surface area (Å²) in [6.45, 7) is 10.2. The third kappa shape index (κ3) is 4.97. The normalized spacial score (nSPS) is 15.1. The number of fused-ring (bicyclic) bond motifs is 6. The Morgan fingerprint density at radius 3 is 1.81 bits per heavy atom. The number of rotatable bonds is 10. The molecule has 4 heteroatoms. The predicted octanol–water partition coefficient (Wildman–Crippen LogP) is 7.80. The molecule has 2 nitrogen and oxygen atoms in total. The number of halogens is 1. The van der Waals surface area contributed by atoms with E-state index in [1.54, 1.807) is 18.9 Å². The number of benzene rings is 2. The zero-order valence-electron chi connectivity index (χ0n) is 19.7. The van der Waals surface area contributed by atoms with Gasteiger partial charge in [0.1, 0.15) is 0 Å². The van der Waals surface area contributed by atoms with E-state index >= 15 is 0 Å². The van der Waals surface area contributed by atoms with Crippen molar-refractivity contribution in [3.05, 3.63) is 52.0 Å². The van der Waals surface area contributed by atoms with E-state index in [4.69, 9.17) is 0 Å². The summed E-state index contributed by atoms with van der Waals surface area (Å²) >= 11 is 1.29. The summed E-state index contributed by atoms with van der Waals surface area (Å²) in [4.78, 5) is 5.16. The number of nitrogens with zero attached hydrogens (tertiary/aromatic N) is 2. The Morgan fingerprint density at radius 2 is 1.26 bits per heavy atom. The quantitative estimate of drug-likeness (QED) is 0.261. The first-order valence-corrected chi connectivity index (χ1v) is 20.8. The van der Waals surface area contributed by atoms with E-state index in [9.17, 15) is 0 Å². The monoisotopic (exact) mass is 590 g/mol. The van der Waals surface area contributed by atoms with Crippen molar-refractivity contribution in [2.45, 2.75) is 85.7 Å². The summed E-state index contributed by atoms with van der Waals surface area (Å²) in [6, 6.07) is 14.6. The molecule has 0 aromatic heterocycles. The molecule has 2 aromatic carbocycles. The van der Waals surface area contributed by atoms with Gasteiger partial charge in [-0.05, 0) is 0 Å². The van der Waals surface area contributed by atoms with Gasteiger partial charge in [0.15, 0.2) is 0 Å². The van der Waals surface area contributed by atoms with Crippen LogP contribution < -0.4 is 13.4 Å². The Kier molecular flexibility index (Phi) is 7.95. The second kappa shape index (κ2) is 10.5. The fourth-order valence-corrected chi connectivity index (χ4v) is 22.2. The molecule has 0 amide bonds. The van der Waals surface area contributed by atoms with Gasteiger partial charge in [-0.2, -0.15) is 0 Å². The average molecular weight is 590 g/mol. The van der Waals surface area contributed by atoms with Gasteiger partial charge in [-0.25, -0.2) is 0 Å². The Labute approximate surface area is 202 Å². The molecule has 0 unspecified atom stereocenters. The molecule has 0 spiro atoms. The zero-order chi connectivity index (χ0) is 21.8. The molecule has 0 N–H and O–H groups in total. The van der Waals surface area contributed by atoms with Crippen molar-refractivity contribution in [2.75, 3.05) is 16.5 Å². The van der Waals surface area contributed by atoms with Crippen LogP contribution in [0.5, 0.6) is 0 Å². The van der Waals surface area contributed by atoms with E-state index in [1.165, 1.54) is 59.9 Å². The van der Waals surface area contributed by atoms with E-state index in [-0.39, 0.29) is 0 Å². The van der Waals surface area contributed by atoms with Gasteiger partial charge in [-0.3, -0.25) is 0 Å². The molecule has 2 heterocycles. The SMILES string of the molecule is CCC[CH2][Sn]([CH2]CCC)([CH2]CCC)[c]1ccc2c(c1)CN1CN2Cc2cc(Br)ccc21. The van der Waals surface area contributed by atoms with Crippen molar-refractivity contribution in [1.82, 2.24) is 0 Å². The second-order valence-electron chi connectivity index (χ2n) is 9.74. The van der Waals surface area contributed by atoms with Crippen molar-refractivity contribution < 1.29 is 0 Å². The van der Waals surface area contributed by atoms with Crippen LogP contribution >= 0.6 is 15.9 Å². The van der Waals surface area contributed by atoms with Crippen LogP contribution in [0.3, 0.4) is 0 Å². The first-order chi connectivity index (χ1) is 15.1. The molecule has 31 heavy (non-hydrogen) atoms. The number of hydrogen-bond acceptors (Lipinski definition) is 2. The average Bonchev–Trinajstić information content (AvgIpc) is 2.78. The maximum atomic E-state index is 3.66. The van der Waals surface area contributed by atoms with Gasteiger partial charge in [0.05, 0.1) is 0 Å². The van der Waals surface area contributed by atoms with Crippen molar-refractivity contribution in [2.24, 2.45) is 0 Å². The van der Waals surface area contributed by atoms with Crippen LogP contribution in [0.2, 0.25) is 13.3 Å². The summed E-state index contributed by atoms with van der Waals surface area (Å²) < 4.78 is 7.66. The van der Waals surface area contributed by atoms with Crippen LogP contribution in [0.25, 0.3) is 0 Å². The Balaban J connectivity index is 1.68. The molecule has 4 rings (SSSR count). The third-order valence-corrected chi connectivity index (χ3v) is 23.6. The molecule has 2 bridgehead atoms. The number of anilines is 2. The number of unbranched alkanes of at least 4 members (excludes halogenated alkanes) is 3. The molecule has 0 saturated heterocycles. The van der Waals surface area contributed by atoms with Gasteiger partial charge in [0, 0.05) is 0 Å². The first-order valence-electron chi connectivity index (χ1n) is 12.5. The van der Waals surface area contributed by atoms with Crippen molar-refractivity contribution >= 4 is 49.3 Å². The van der Waals surface area contributed by atoms with Crippen molar-refractivity contribution in [1.29, 1.82) is 0 Å². The van der Waals surface area contributed by atoms with Gasteiger partial charge >= 0.3 is 203 Å². The second-order valence-corrected chi connectivity index (χ2v) is 23.9. The summed E-state index contributed by atoms with van der Waals surface area (Å²) in [5.74, 6) is 0. The van der Waals surface area contributed by atoms with Crippen LogP contribution in [0, 0.1) is 0 Å². The molecule has 0 saturated carbocycles. The van der Waals surface area contributed by atoms with Gasteiger partial charge in [-0.1, -0.05) is 0 Å². The predicted molar refractivity (Wildman–Crippen MR) is 142 cm³/mol. The van der Waals surface area contributed by atoms with Crippen molar-refractivity contribution in [3.63, 3.8) is 0 Å². The molecule has 0 aliphatic carbocycles. The summed E-state index contributed by atoms with van der Waals surface area (Å²) in [6.07, 6.45) is 8.32. The van der Waals surface area contributed by atoms with Gasteiger partial charge < -0.3 is 0 Å². The van der Waals surface area contributed by atoms with E-state index in [1.807, 2.05) is 3.58 Å². The molecule has 168 valence electrons. The fourth-order valence-electron chi connectivity index (χ4n) is 5.73. The van der Waals surface area contributed by atoms with Gasteiger partial charge in [0.25, 0.3) is 0 Å². The summed E-state index contributed by atoms with van der Waals surface area (Å²) in [7, 11) is 0. The topological polar surface area (TPSA) is 6.48 Å². The van der Waals surface area contributed by atoms with Crippen LogP contribution in [-0.4, -0.2) is 25.0 Å². The summed E-state index contributed by atoms with van der Waals surface area (Å²) in [5, 5.41) is 0. The molecule has 0 fully saturated rings. The van der Waals surface area contributed by atoms with Gasteiger partial charge in [0.2, 0.25) is 0 Å². The molecular formula is C27H39BrN2Sn. The number of hydrogen-bond donors (Lipinski definition) is 0. The van der Waals surface area contributed by atoms with Gasteiger partial charge in [-0.15, -0.1) is 0 Å². The van der Waals surface area contributed by atoms with Crippen LogP contribution in [0.15, 0.2) is 40.9 Å². The molecule has 2 aromatic rings. The minimum absolute atomic E-state index is 1.02. The Hall–Kier alpha value is -0.681. The zero-order valence-corrected chi connectivity index (χ0v) is 24.2. The first kappa shape index (κ1) is 23.5.